The first kappa shape index (κ1) is 12.0. The van der Waals surface area contributed by atoms with Gasteiger partial charge in [-0.05, 0) is 37.1 Å². The molecule has 0 aliphatic carbocycles. The van der Waals surface area contributed by atoms with Crippen LogP contribution >= 0.6 is 0 Å². The van der Waals surface area contributed by atoms with Crippen LogP contribution in [0.4, 0.5) is 11.5 Å². The zero-order valence-corrected chi connectivity index (χ0v) is 10.3. The Kier molecular flexibility index (Phi) is 3.23. The number of amides is 1. The highest BCUT2D eigenvalue weighted by Crippen LogP contribution is 2.15. The lowest BCUT2D eigenvalue weighted by Gasteiger charge is -2.07. The fourth-order valence-electron chi connectivity index (χ4n) is 1.76. The summed E-state index contributed by atoms with van der Waals surface area (Å²) in [4.78, 5) is 19.7. The molecule has 0 saturated heterocycles. The number of nitrogens with zero attached hydrogens (tertiary/aromatic N) is 2. The van der Waals surface area contributed by atoms with E-state index in [1.165, 1.54) is 12.4 Å². The van der Waals surface area contributed by atoms with E-state index >= 15 is 0 Å². The van der Waals surface area contributed by atoms with E-state index in [-0.39, 0.29) is 17.4 Å². The number of carbonyl (C=O) groups excluding carboxylic acids is 1. The summed E-state index contributed by atoms with van der Waals surface area (Å²) < 4.78 is 0. The molecule has 5 heteroatoms. The Hall–Kier alpha value is -2.43. The molecule has 0 bridgehead atoms. The highest BCUT2D eigenvalue weighted by molar-refractivity contribution is 6.05. The van der Waals surface area contributed by atoms with Crippen LogP contribution in [-0.4, -0.2) is 15.9 Å². The van der Waals surface area contributed by atoms with Gasteiger partial charge in [-0.15, -0.1) is 0 Å². The summed E-state index contributed by atoms with van der Waals surface area (Å²) in [6.07, 6.45) is 2.88. The predicted octanol–water partition coefficient (Wildman–Crippen LogP) is 1.93. The Morgan fingerprint density at radius 3 is 2.33 bits per heavy atom. The second kappa shape index (κ2) is 4.83. The van der Waals surface area contributed by atoms with E-state index in [0.717, 1.165) is 16.8 Å². The lowest BCUT2D eigenvalue weighted by Crippen LogP contribution is -2.16. The van der Waals surface area contributed by atoms with E-state index in [1.807, 2.05) is 32.0 Å². The number of rotatable bonds is 2. The molecule has 1 aromatic heterocycles. The van der Waals surface area contributed by atoms with Crippen molar-refractivity contribution >= 4 is 17.4 Å². The van der Waals surface area contributed by atoms with E-state index in [1.54, 1.807) is 0 Å². The topological polar surface area (TPSA) is 80.9 Å². The third-order valence-corrected chi connectivity index (χ3v) is 2.42. The molecule has 1 heterocycles. The van der Waals surface area contributed by atoms with Gasteiger partial charge in [0.2, 0.25) is 0 Å². The molecule has 18 heavy (non-hydrogen) atoms. The van der Waals surface area contributed by atoms with Gasteiger partial charge >= 0.3 is 0 Å². The van der Waals surface area contributed by atoms with E-state index in [2.05, 4.69) is 15.3 Å². The smallest absolute Gasteiger partial charge is 0.278 e. The standard InChI is InChI=1S/C13H14N4O/c1-8-5-9(2)7-10(6-8)17-13(18)11-12(14)16-4-3-15-11/h3-7H,1-2H3,(H2,14,16)(H,17,18). The van der Waals surface area contributed by atoms with Crippen molar-refractivity contribution in [2.45, 2.75) is 13.8 Å². The fourth-order valence-corrected chi connectivity index (χ4v) is 1.76. The Morgan fingerprint density at radius 2 is 1.72 bits per heavy atom. The summed E-state index contributed by atoms with van der Waals surface area (Å²) in [5.41, 5.74) is 8.62. The Labute approximate surface area is 105 Å². The molecule has 0 atom stereocenters. The van der Waals surface area contributed by atoms with Crippen molar-refractivity contribution in [3.63, 3.8) is 0 Å². The number of aryl methyl sites for hydroxylation is 2. The monoisotopic (exact) mass is 242 g/mol. The lowest BCUT2D eigenvalue weighted by atomic mass is 10.1. The first-order valence-electron chi connectivity index (χ1n) is 5.52. The number of nitrogens with two attached hydrogens (primary N) is 1. The van der Waals surface area contributed by atoms with E-state index in [4.69, 9.17) is 5.73 Å². The number of anilines is 2. The van der Waals surface area contributed by atoms with Gasteiger partial charge in [0.15, 0.2) is 11.5 Å². The largest absolute Gasteiger partial charge is 0.382 e. The molecule has 0 aliphatic heterocycles. The molecule has 0 radical (unpaired) electrons. The Morgan fingerprint density at radius 1 is 1.11 bits per heavy atom. The van der Waals surface area contributed by atoms with Crippen molar-refractivity contribution in [3.8, 4) is 0 Å². The first-order valence-corrected chi connectivity index (χ1v) is 5.52. The molecule has 1 amide bonds. The average molecular weight is 242 g/mol. The van der Waals surface area contributed by atoms with Crippen LogP contribution in [0, 0.1) is 13.8 Å². The summed E-state index contributed by atoms with van der Waals surface area (Å²) in [7, 11) is 0. The van der Waals surface area contributed by atoms with Gasteiger partial charge in [0.1, 0.15) is 0 Å². The molecule has 0 saturated carbocycles. The highest BCUT2D eigenvalue weighted by atomic mass is 16.1. The van der Waals surface area contributed by atoms with Crippen molar-refractivity contribution in [2.24, 2.45) is 0 Å². The Balaban J connectivity index is 2.24. The van der Waals surface area contributed by atoms with Gasteiger partial charge in [-0.1, -0.05) is 6.07 Å². The van der Waals surface area contributed by atoms with Gasteiger partial charge in [-0.2, -0.15) is 0 Å². The van der Waals surface area contributed by atoms with Crippen LogP contribution in [0.2, 0.25) is 0 Å². The maximum atomic E-state index is 12.0. The van der Waals surface area contributed by atoms with Crippen molar-refractivity contribution in [1.82, 2.24) is 9.97 Å². The van der Waals surface area contributed by atoms with E-state index < -0.39 is 0 Å². The molecule has 1 aromatic carbocycles. The summed E-state index contributed by atoms with van der Waals surface area (Å²) in [6.45, 7) is 3.94. The molecule has 0 unspecified atom stereocenters. The molecule has 5 nitrogen and oxygen atoms in total. The maximum absolute atomic E-state index is 12.0. The third-order valence-electron chi connectivity index (χ3n) is 2.42. The zero-order chi connectivity index (χ0) is 13.1. The van der Waals surface area contributed by atoms with Crippen LogP contribution in [-0.2, 0) is 0 Å². The zero-order valence-electron chi connectivity index (χ0n) is 10.3. The molecule has 0 aliphatic rings. The summed E-state index contributed by atoms with van der Waals surface area (Å²) in [5.74, 6) is -0.232. The van der Waals surface area contributed by atoms with Crippen LogP contribution in [0.15, 0.2) is 30.6 Å². The van der Waals surface area contributed by atoms with Crippen molar-refractivity contribution in [3.05, 3.63) is 47.4 Å². The fraction of sp³-hybridized carbons (Fsp3) is 0.154. The minimum absolute atomic E-state index is 0.124. The molecular formula is C13H14N4O. The molecular weight excluding hydrogens is 228 g/mol. The normalized spacial score (nSPS) is 10.1. The lowest BCUT2D eigenvalue weighted by molar-refractivity contribution is 0.102. The first-order chi connectivity index (χ1) is 8.56. The highest BCUT2D eigenvalue weighted by Gasteiger charge is 2.12. The van der Waals surface area contributed by atoms with E-state index in [0.29, 0.717) is 0 Å². The third kappa shape index (κ3) is 2.63. The molecule has 0 spiro atoms. The summed E-state index contributed by atoms with van der Waals surface area (Å²) >= 11 is 0. The molecule has 2 aromatic rings. The number of aromatic nitrogens is 2. The minimum Gasteiger partial charge on any atom is -0.382 e. The SMILES string of the molecule is Cc1cc(C)cc(NC(=O)c2nccnc2N)c1. The number of nitrogens with one attached hydrogen (secondary N) is 1. The summed E-state index contributed by atoms with van der Waals surface area (Å²) in [6, 6.07) is 5.81. The van der Waals surface area contributed by atoms with Gasteiger partial charge in [0.25, 0.3) is 5.91 Å². The second-order valence-corrected chi connectivity index (χ2v) is 4.12. The van der Waals surface area contributed by atoms with Gasteiger partial charge < -0.3 is 11.1 Å². The molecule has 92 valence electrons. The molecule has 0 fully saturated rings. The van der Waals surface area contributed by atoms with Crippen LogP contribution in [0.5, 0.6) is 0 Å². The predicted molar refractivity (Wildman–Crippen MR) is 70.3 cm³/mol. The molecule has 3 N–H and O–H groups in total. The maximum Gasteiger partial charge on any atom is 0.278 e. The summed E-state index contributed by atoms with van der Waals surface area (Å²) in [5, 5.41) is 2.76. The van der Waals surface area contributed by atoms with E-state index in [9.17, 15) is 4.79 Å². The number of hydrogen-bond donors (Lipinski definition) is 2. The van der Waals surface area contributed by atoms with Gasteiger partial charge in [-0.3, -0.25) is 4.79 Å². The second-order valence-electron chi connectivity index (χ2n) is 4.12. The van der Waals surface area contributed by atoms with Gasteiger partial charge in [0, 0.05) is 18.1 Å². The van der Waals surface area contributed by atoms with Crippen molar-refractivity contribution in [2.75, 3.05) is 11.1 Å². The molecule has 2 rings (SSSR count). The number of benzene rings is 1. The van der Waals surface area contributed by atoms with Gasteiger partial charge in [0.05, 0.1) is 0 Å². The van der Waals surface area contributed by atoms with Crippen LogP contribution < -0.4 is 11.1 Å². The number of hydrogen-bond acceptors (Lipinski definition) is 4. The van der Waals surface area contributed by atoms with Crippen LogP contribution in [0.3, 0.4) is 0 Å². The Bertz CT molecular complexity index is 575. The quantitative estimate of drug-likeness (QED) is 0.843. The number of nitrogen functional groups attached to an aromatic ring is 1. The number of carbonyl (C=O) groups is 1. The van der Waals surface area contributed by atoms with Crippen LogP contribution in [0.25, 0.3) is 0 Å². The average Bonchev–Trinajstić information content (AvgIpc) is 2.27. The minimum atomic E-state index is -0.356. The van der Waals surface area contributed by atoms with Gasteiger partial charge in [-0.25, -0.2) is 9.97 Å². The van der Waals surface area contributed by atoms with Crippen molar-refractivity contribution < 1.29 is 4.79 Å². The van der Waals surface area contributed by atoms with Crippen LogP contribution in [0.1, 0.15) is 21.6 Å². The van der Waals surface area contributed by atoms with Crippen molar-refractivity contribution in [1.29, 1.82) is 0 Å².